The van der Waals surface area contributed by atoms with Crippen LogP contribution >= 0.6 is 11.6 Å². The molecule has 0 spiro atoms. The Morgan fingerprint density at radius 2 is 1.84 bits per heavy atom. The van der Waals surface area contributed by atoms with Crippen molar-refractivity contribution in [3.63, 3.8) is 0 Å². The molecule has 4 heteroatoms. The molecule has 1 aliphatic heterocycles. The van der Waals surface area contributed by atoms with Crippen LogP contribution in [0.3, 0.4) is 0 Å². The lowest BCUT2D eigenvalue weighted by molar-refractivity contribution is -0.311. The van der Waals surface area contributed by atoms with E-state index in [4.69, 9.17) is 17.3 Å². The van der Waals surface area contributed by atoms with Crippen LogP contribution in [0.25, 0.3) is 0 Å². The fourth-order valence-electron chi connectivity index (χ4n) is 2.14. The Morgan fingerprint density at radius 1 is 1.11 bits per heavy atom. The summed E-state index contributed by atoms with van der Waals surface area (Å²) in [4.78, 5) is 7.76. The van der Waals surface area contributed by atoms with Gasteiger partial charge >= 0.3 is 0 Å². The number of halogens is 1. The van der Waals surface area contributed by atoms with Crippen LogP contribution in [-0.4, -0.2) is 11.7 Å². The number of nitrogens with two attached hydrogens (primary N) is 1. The predicted molar refractivity (Wildman–Crippen MR) is 78.1 cm³/mol. The Balaban J connectivity index is 2.11. The number of rotatable bonds is 1. The lowest BCUT2D eigenvalue weighted by atomic mass is 10.1. The molecule has 1 aliphatic rings. The molecule has 3 nitrogen and oxygen atoms in total. The number of hydrogen-bond acceptors (Lipinski definition) is 2. The zero-order chi connectivity index (χ0) is 13.4. The first-order chi connectivity index (χ1) is 9.15. The van der Waals surface area contributed by atoms with Gasteiger partial charge in [-0.1, -0.05) is 23.7 Å². The second-order valence-corrected chi connectivity index (χ2v) is 4.91. The first-order valence-corrected chi connectivity index (χ1v) is 6.37. The molecule has 0 bridgehead atoms. The van der Waals surface area contributed by atoms with Crippen LogP contribution in [0.2, 0.25) is 5.02 Å². The van der Waals surface area contributed by atoms with E-state index in [-0.39, 0.29) is 0 Å². The molecule has 0 aliphatic carbocycles. The summed E-state index contributed by atoms with van der Waals surface area (Å²) in [6.07, 6.45) is 0. The topological polar surface area (TPSA) is 52.3 Å². The van der Waals surface area contributed by atoms with Gasteiger partial charge in [-0.3, -0.25) is 0 Å². The minimum absolute atomic E-state index is 0.640. The van der Waals surface area contributed by atoms with Gasteiger partial charge in [0, 0.05) is 5.02 Å². The van der Waals surface area contributed by atoms with E-state index in [9.17, 15) is 0 Å². The minimum atomic E-state index is 0.640. The third kappa shape index (κ3) is 2.13. The van der Waals surface area contributed by atoms with Crippen molar-refractivity contribution in [3.05, 3.63) is 64.2 Å². The highest BCUT2D eigenvalue weighted by molar-refractivity contribution is 6.30. The van der Waals surface area contributed by atoms with Crippen molar-refractivity contribution in [2.45, 2.75) is 6.92 Å². The highest BCUT2D eigenvalue weighted by Gasteiger charge is 2.23. The van der Waals surface area contributed by atoms with Gasteiger partial charge in [-0.2, -0.15) is 0 Å². The summed E-state index contributed by atoms with van der Waals surface area (Å²) in [6, 6.07) is 13.6. The van der Waals surface area contributed by atoms with Gasteiger partial charge in [0.1, 0.15) is 5.69 Å². The van der Waals surface area contributed by atoms with Crippen LogP contribution in [0.1, 0.15) is 16.7 Å². The van der Waals surface area contributed by atoms with Crippen LogP contribution in [0.5, 0.6) is 0 Å². The van der Waals surface area contributed by atoms with Gasteiger partial charge < -0.3 is 5.73 Å². The number of amidine groups is 2. The molecule has 3 rings (SSSR count). The molecule has 0 aromatic heterocycles. The molecule has 0 atom stereocenters. The standard InChI is InChI=1S/C15H12ClN3/c1-9-8-10(16)6-7-13(9)18-15-12-5-3-2-4-11(12)14(17)19-15/h2-8H,1H3,(H2,17,18,19)/p+1. The van der Waals surface area contributed by atoms with E-state index < -0.39 is 0 Å². The Labute approximate surface area is 116 Å². The Bertz CT molecular complexity index is 717. The number of benzene rings is 2. The molecule has 2 aromatic rings. The molecule has 0 fully saturated rings. The van der Waals surface area contributed by atoms with Crippen LogP contribution in [0.15, 0.2) is 47.5 Å². The number of aryl methyl sites for hydroxylation is 1. The molecule has 0 unspecified atom stereocenters. The van der Waals surface area contributed by atoms with E-state index in [0.717, 1.165) is 28.2 Å². The van der Waals surface area contributed by atoms with Gasteiger partial charge in [-0.15, -0.1) is 4.99 Å². The summed E-state index contributed by atoms with van der Waals surface area (Å²) >= 11 is 5.95. The number of nitrogen functional groups attached to an aromatic ring is 1. The van der Waals surface area contributed by atoms with Gasteiger partial charge in [-0.05, 0) is 42.8 Å². The van der Waals surface area contributed by atoms with Crippen molar-refractivity contribution in [2.75, 3.05) is 0 Å². The average molecular weight is 271 g/mol. The monoisotopic (exact) mass is 270 g/mol. The maximum atomic E-state index is 5.96. The Kier molecular flexibility index (Phi) is 2.84. The number of hydrogen-bond donors (Lipinski definition) is 2. The number of nitrogens with one attached hydrogen (secondary N) is 1. The second kappa shape index (κ2) is 4.52. The van der Waals surface area contributed by atoms with Crippen LogP contribution in [0.4, 0.5) is 5.69 Å². The van der Waals surface area contributed by atoms with Crippen LogP contribution < -0.4 is 10.7 Å². The van der Waals surface area contributed by atoms with Gasteiger partial charge in [0.05, 0.1) is 11.1 Å². The van der Waals surface area contributed by atoms with E-state index in [1.807, 2.05) is 49.4 Å². The maximum absolute atomic E-state index is 5.96. The summed E-state index contributed by atoms with van der Waals surface area (Å²) in [6.45, 7) is 1.99. The molecular formula is C15H13ClN3+. The first-order valence-electron chi connectivity index (χ1n) is 5.99. The number of nitrogens with zero attached hydrogens (tertiary/aromatic N) is 1. The quantitative estimate of drug-likeness (QED) is 0.811. The fourth-order valence-corrected chi connectivity index (χ4v) is 2.37. The molecule has 19 heavy (non-hydrogen) atoms. The molecular weight excluding hydrogens is 258 g/mol. The molecule has 0 amide bonds. The van der Waals surface area contributed by atoms with Crippen molar-refractivity contribution < 1.29 is 4.99 Å². The number of aliphatic imine (C=N–C) groups is 1. The Hall–Kier alpha value is -2.13. The predicted octanol–water partition coefficient (Wildman–Crippen LogP) is 1.53. The van der Waals surface area contributed by atoms with Crippen molar-refractivity contribution in [1.29, 1.82) is 0 Å². The molecule has 2 aromatic carbocycles. The average Bonchev–Trinajstić information content (AvgIpc) is 2.71. The zero-order valence-electron chi connectivity index (χ0n) is 10.4. The molecule has 3 N–H and O–H groups in total. The number of fused-ring (bicyclic) bond motifs is 1. The van der Waals surface area contributed by atoms with Crippen LogP contribution in [0, 0.1) is 6.92 Å². The third-order valence-corrected chi connectivity index (χ3v) is 3.35. The SMILES string of the molecule is Cc1cc(Cl)ccc1N=C1[NH+]=C(N)c2ccccc21. The summed E-state index contributed by atoms with van der Waals surface area (Å²) < 4.78 is 0. The van der Waals surface area contributed by atoms with E-state index in [0.29, 0.717) is 10.9 Å². The third-order valence-electron chi connectivity index (χ3n) is 3.12. The van der Waals surface area contributed by atoms with E-state index >= 15 is 0 Å². The summed E-state index contributed by atoms with van der Waals surface area (Å²) in [5.41, 5.74) is 9.89. The van der Waals surface area contributed by atoms with Gasteiger partial charge in [0.2, 0.25) is 5.84 Å². The zero-order valence-corrected chi connectivity index (χ0v) is 11.2. The second-order valence-electron chi connectivity index (χ2n) is 4.48. The normalized spacial score (nSPS) is 15.5. The maximum Gasteiger partial charge on any atom is 0.269 e. The smallest absolute Gasteiger partial charge is 0.269 e. The van der Waals surface area contributed by atoms with Gasteiger partial charge in [0.15, 0.2) is 0 Å². The molecule has 0 radical (unpaired) electrons. The minimum Gasteiger partial charge on any atom is -0.318 e. The van der Waals surface area contributed by atoms with Crippen molar-refractivity contribution in [2.24, 2.45) is 10.7 Å². The lowest BCUT2D eigenvalue weighted by Crippen LogP contribution is -2.76. The highest BCUT2D eigenvalue weighted by atomic mass is 35.5. The van der Waals surface area contributed by atoms with Crippen molar-refractivity contribution in [1.82, 2.24) is 0 Å². The van der Waals surface area contributed by atoms with E-state index in [2.05, 4.69) is 9.98 Å². The Morgan fingerprint density at radius 3 is 2.58 bits per heavy atom. The molecule has 0 saturated carbocycles. The van der Waals surface area contributed by atoms with Crippen molar-refractivity contribution >= 4 is 29.0 Å². The summed E-state index contributed by atoms with van der Waals surface area (Å²) in [7, 11) is 0. The lowest BCUT2D eigenvalue weighted by Gasteiger charge is -1.98. The van der Waals surface area contributed by atoms with Crippen molar-refractivity contribution in [3.8, 4) is 0 Å². The fraction of sp³-hybridized carbons (Fsp3) is 0.0667. The summed E-state index contributed by atoms with van der Waals surface area (Å²) in [5.74, 6) is 1.42. The highest BCUT2D eigenvalue weighted by Crippen LogP contribution is 2.23. The molecule has 1 heterocycles. The largest absolute Gasteiger partial charge is 0.318 e. The molecule has 94 valence electrons. The van der Waals surface area contributed by atoms with E-state index in [1.54, 1.807) is 0 Å². The summed E-state index contributed by atoms with van der Waals surface area (Å²) in [5, 5.41) is 0.715. The molecule has 0 saturated heterocycles. The van der Waals surface area contributed by atoms with Gasteiger partial charge in [0.25, 0.3) is 5.84 Å². The van der Waals surface area contributed by atoms with Crippen LogP contribution in [-0.2, 0) is 0 Å². The first kappa shape index (κ1) is 11.9. The van der Waals surface area contributed by atoms with Gasteiger partial charge in [-0.25, -0.2) is 4.99 Å². The van der Waals surface area contributed by atoms with E-state index in [1.165, 1.54) is 0 Å².